The van der Waals surface area contributed by atoms with Gasteiger partial charge in [-0.15, -0.1) is 5.10 Å². The molecule has 2 heterocycles. The molecule has 2 N–H and O–H groups in total. The van der Waals surface area contributed by atoms with Gasteiger partial charge in [0, 0.05) is 43.8 Å². The van der Waals surface area contributed by atoms with E-state index in [-0.39, 0.29) is 5.91 Å². The zero-order chi connectivity index (χ0) is 18.9. The summed E-state index contributed by atoms with van der Waals surface area (Å²) >= 11 is 1.31. The fourth-order valence-corrected chi connectivity index (χ4v) is 3.11. The van der Waals surface area contributed by atoms with Gasteiger partial charge in [-0.05, 0) is 30.7 Å². The number of hydrogen-bond acceptors (Lipinski definition) is 6. The summed E-state index contributed by atoms with van der Waals surface area (Å²) in [5.41, 5.74) is 2.09. The molecular weight excluding hydrogens is 360 g/mol. The Morgan fingerprint density at radius 2 is 1.96 bits per heavy atom. The zero-order valence-electron chi connectivity index (χ0n) is 15.1. The van der Waals surface area contributed by atoms with Crippen LogP contribution in [-0.4, -0.2) is 52.0 Å². The summed E-state index contributed by atoms with van der Waals surface area (Å²) in [4.78, 5) is 22.5. The lowest BCUT2D eigenvalue weighted by atomic mass is 10.3. The molecule has 140 valence electrons. The molecule has 0 aliphatic carbocycles. The van der Waals surface area contributed by atoms with Gasteiger partial charge in [-0.1, -0.05) is 30.0 Å². The van der Waals surface area contributed by atoms with E-state index in [2.05, 4.69) is 49.6 Å². The van der Waals surface area contributed by atoms with Gasteiger partial charge in [-0.2, -0.15) is 0 Å². The van der Waals surface area contributed by atoms with Crippen molar-refractivity contribution in [2.45, 2.75) is 11.6 Å². The van der Waals surface area contributed by atoms with Crippen molar-refractivity contribution >= 4 is 23.4 Å². The normalized spacial score (nSPS) is 10.6. The number of carbonyl (C=O) groups is 1. The standard InChI is InChI=1S/C19H22N6OS/c1-25(16-6-3-2-4-7-16)13-5-10-21-17(26)14-27-19-22-18(23-24-19)15-8-11-20-12-9-15/h2-4,6-9,11-12H,5,10,13-14H2,1H3,(H,21,26)(H,22,23,24). The van der Waals surface area contributed by atoms with Gasteiger partial charge < -0.3 is 10.2 Å². The third-order valence-corrected chi connectivity index (χ3v) is 4.79. The van der Waals surface area contributed by atoms with Crippen LogP contribution in [-0.2, 0) is 4.79 Å². The topological polar surface area (TPSA) is 86.8 Å². The van der Waals surface area contributed by atoms with Crippen LogP contribution >= 0.6 is 11.8 Å². The maximum atomic E-state index is 12.0. The van der Waals surface area contributed by atoms with Gasteiger partial charge in [-0.3, -0.25) is 14.9 Å². The third-order valence-electron chi connectivity index (χ3n) is 3.94. The maximum Gasteiger partial charge on any atom is 0.230 e. The number of rotatable bonds is 9. The molecule has 3 rings (SSSR count). The van der Waals surface area contributed by atoms with Gasteiger partial charge in [0.2, 0.25) is 11.1 Å². The highest BCUT2D eigenvalue weighted by Gasteiger charge is 2.09. The molecule has 0 aliphatic rings. The Labute approximate surface area is 162 Å². The molecule has 3 aromatic rings. The van der Waals surface area contributed by atoms with Gasteiger partial charge in [0.1, 0.15) is 0 Å². The summed E-state index contributed by atoms with van der Waals surface area (Å²) in [7, 11) is 2.05. The zero-order valence-corrected chi connectivity index (χ0v) is 15.9. The Morgan fingerprint density at radius 1 is 1.19 bits per heavy atom. The average molecular weight is 382 g/mol. The molecule has 0 atom stereocenters. The van der Waals surface area contributed by atoms with Gasteiger partial charge in [-0.25, -0.2) is 4.98 Å². The molecule has 0 fully saturated rings. The molecule has 0 aliphatic heterocycles. The summed E-state index contributed by atoms with van der Waals surface area (Å²) in [6.07, 6.45) is 4.29. The second kappa shape index (κ2) is 9.72. The first-order valence-corrected chi connectivity index (χ1v) is 9.69. The van der Waals surface area contributed by atoms with E-state index in [1.54, 1.807) is 12.4 Å². The van der Waals surface area contributed by atoms with Crippen molar-refractivity contribution in [1.29, 1.82) is 0 Å². The Balaban J connectivity index is 1.35. The molecule has 27 heavy (non-hydrogen) atoms. The second-order valence-corrected chi connectivity index (χ2v) is 6.89. The quantitative estimate of drug-likeness (QED) is 0.437. The molecule has 0 unspecified atom stereocenters. The summed E-state index contributed by atoms with van der Waals surface area (Å²) in [6, 6.07) is 13.9. The second-order valence-electron chi connectivity index (χ2n) is 5.95. The number of H-pyrrole nitrogens is 1. The Morgan fingerprint density at radius 3 is 2.74 bits per heavy atom. The Kier molecular flexibility index (Phi) is 6.81. The lowest BCUT2D eigenvalue weighted by Crippen LogP contribution is -2.29. The van der Waals surface area contributed by atoms with Crippen molar-refractivity contribution in [3.63, 3.8) is 0 Å². The van der Waals surface area contributed by atoms with Gasteiger partial charge in [0.15, 0.2) is 5.82 Å². The van der Waals surface area contributed by atoms with E-state index in [1.807, 2.05) is 30.3 Å². The number of carbonyl (C=O) groups excluding carboxylic acids is 1. The highest BCUT2D eigenvalue weighted by Crippen LogP contribution is 2.18. The van der Waals surface area contributed by atoms with Crippen LogP contribution in [0.2, 0.25) is 0 Å². The molecular formula is C19H22N6OS. The number of benzene rings is 1. The molecule has 0 radical (unpaired) electrons. The number of thioether (sulfide) groups is 1. The average Bonchev–Trinajstić information content (AvgIpc) is 3.20. The fourth-order valence-electron chi connectivity index (χ4n) is 2.49. The van der Waals surface area contributed by atoms with Crippen LogP contribution in [0.25, 0.3) is 11.4 Å². The fraction of sp³-hybridized carbons (Fsp3) is 0.263. The lowest BCUT2D eigenvalue weighted by molar-refractivity contribution is -0.118. The minimum atomic E-state index is -0.0161. The van der Waals surface area contributed by atoms with E-state index in [0.29, 0.717) is 23.3 Å². The van der Waals surface area contributed by atoms with E-state index in [0.717, 1.165) is 18.5 Å². The largest absolute Gasteiger partial charge is 0.375 e. The highest BCUT2D eigenvalue weighted by molar-refractivity contribution is 7.99. The molecule has 0 saturated heterocycles. The minimum Gasteiger partial charge on any atom is -0.375 e. The summed E-state index contributed by atoms with van der Waals surface area (Å²) < 4.78 is 0. The predicted molar refractivity (Wildman–Crippen MR) is 108 cm³/mol. The number of nitrogens with zero attached hydrogens (tertiary/aromatic N) is 4. The number of nitrogens with one attached hydrogen (secondary N) is 2. The molecule has 1 aromatic carbocycles. The predicted octanol–water partition coefficient (Wildman–Crippen LogP) is 2.60. The number of anilines is 1. The van der Waals surface area contributed by atoms with Crippen molar-refractivity contribution in [2.24, 2.45) is 0 Å². The van der Waals surface area contributed by atoms with Crippen molar-refractivity contribution in [3.05, 3.63) is 54.9 Å². The number of pyridine rings is 1. The van der Waals surface area contributed by atoms with Crippen molar-refractivity contribution in [2.75, 3.05) is 30.8 Å². The monoisotopic (exact) mass is 382 g/mol. The molecule has 1 amide bonds. The molecule has 0 spiro atoms. The van der Waals surface area contributed by atoms with E-state index in [4.69, 9.17) is 0 Å². The van der Waals surface area contributed by atoms with E-state index in [1.165, 1.54) is 17.4 Å². The number of hydrogen-bond donors (Lipinski definition) is 2. The molecule has 0 saturated carbocycles. The summed E-state index contributed by atoms with van der Waals surface area (Å²) in [6.45, 7) is 1.53. The van der Waals surface area contributed by atoms with Gasteiger partial charge in [0.05, 0.1) is 5.75 Å². The van der Waals surface area contributed by atoms with Crippen LogP contribution in [0.3, 0.4) is 0 Å². The molecule has 0 bridgehead atoms. The van der Waals surface area contributed by atoms with Crippen molar-refractivity contribution < 1.29 is 4.79 Å². The maximum absolute atomic E-state index is 12.0. The Bertz CT molecular complexity index is 840. The molecule has 2 aromatic heterocycles. The van der Waals surface area contributed by atoms with Gasteiger partial charge >= 0.3 is 0 Å². The van der Waals surface area contributed by atoms with E-state index < -0.39 is 0 Å². The molecule has 7 nitrogen and oxygen atoms in total. The van der Waals surface area contributed by atoms with E-state index in [9.17, 15) is 4.79 Å². The third kappa shape index (κ3) is 5.82. The smallest absolute Gasteiger partial charge is 0.230 e. The summed E-state index contributed by atoms with van der Waals surface area (Å²) in [5.74, 6) is 0.948. The Hall–Kier alpha value is -2.87. The highest BCUT2D eigenvalue weighted by atomic mass is 32.2. The number of para-hydroxylation sites is 1. The van der Waals surface area contributed by atoms with Crippen molar-refractivity contribution in [1.82, 2.24) is 25.5 Å². The van der Waals surface area contributed by atoms with Gasteiger partial charge in [0.25, 0.3) is 0 Å². The first kappa shape index (κ1) is 18.9. The van der Waals surface area contributed by atoms with Crippen LogP contribution in [0.4, 0.5) is 5.69 Å². The van der Waals surface area contributed by atoms with Crippen LogP contribution in [0.15, 0.2) is 60.0 Å². The SMILES string of the molecule is CN(CCCNC(=O)CSc1n[nH]c(-c2ccncc2)n1)c1ccccc1. The van der Waals surface area contributed by atoms with E-state index >= 15 is 0 Å². The van der Waals surface area contributed by atoms with Crippen molar-refractivity contribution in [3.8, 4) is 11.4 Å². The van der Waals surface area contributed by atoms with Crippen LogP contribution in [0.1, 0.15) is 6.42 Å². The van der Waals surface area contributed by atoms with Crippen LogP contribution in [0, 0.1) is 0 Å². The first-order valence-electron chi connectivity index (χ1n) is 8.71. The van der Waals surface area contributed by atoms with Crippen LogP contribution < -0.4 is 10.2 Å². The summed E-state index contributed by atoms with van der Waals surface area (Å²) in [5, 5.41) is 10.5. The minimum absolute atomic E-state index is 0.0161. The first-order chi connectivity index (χ1) is 13.2. The van der Waals surface area contributed by atoms with Crippen LogP contribution in [0.5, 0.6) is 0 Å². The number of amides is 1. The molecule has 8 heteroatoms. The number of aromatic nitrogens is 4. The lowest BCUT2D eigenvalue weighted by Gasteiger charge is -2.19. The number of aromatic amines is 1.